The Labute approximate surface area is 260 Å². The SMILES string of the molecule is CC[C@H](C)NC(=O)[C@H](C)N(Cc1ccccc1C)C(=O)CN(c1ccc(Oc2ccccc2)cc1)S(=O)(=O)c1ccccc1. The van der Waals surface area contributed by atoms with Gasteiger partial charge in [0, 0.05) is 12.6 Å². The van der Waals surface area contributed by atoms with Crippen LogP contribution in [0, 0.1) is 6.92 Å². The molecule has 0 aromatic heterocycles. The maximum Gasteiger partial charge on any atom is 0.264 e. The highest BCUT2D eigenvalue weighted by atomic mass is 32.2. The molecule has 0 bridgehead atoms. The van der Waals surface area contributed by atoms with Crippen LogP contribution in [0.3, 0.4) is 0 Å². The number of amides is 2. The molecule has 9 heteroatoms. The van der Waals surface area contributed by atoms with Crippen molar-refractivity contribution in [3.63, 3.8) is 0 Å². The highest BCUT2D eigenvalue weighted by molar-refractivity contribution is 7.92. The molecule has 0 aliphatic rings. The maximum atomic E-state index is 14.1. The van der Waals surface area contributed by atoms with Crippen LogP contribution in [-0.2, 0) is 26.2 Å². The molecule has 0 radical (unpaired) electrons. The van der Waals surface area contributed by atoms with Gasteiger partial charge in [0.15, 0.2) is 0 Å². The third kappa shape index (κ3) is 8.05. The fourth-order valence-corrected chi connectivity index (χ4v) is 6.01. The molecule has 1 N–H and O–H groups in total. The fraction of sp³-hybridized carbons (Fsp3) is 0.257. The predicted molar refractivity (Wildman–Crippen MR) is 173 cm³/mol. The van der Waals surface area contributed by atoms with Crippen LogP contribution in [0.25, 0.3) is 0 Å². The summed E-state index contributed by atoms with van der Waals surface area (Å²) >= 11 is 0. The van der Waals surface area contributed by atoms with Crippen molar-refractivity contribution in [3.05, 3.63) is 120 Å². The molecule has 4 rings (SSSR count). The van der Waals surface area contributed by atoms with Crippen LogP contribution in [-0.4, -0.2) is 43.8 Å². The van der Waals surface area contributed by atoms with Crippen molar-refractivity contribution in [3.8, 4) is 11.5 Å². The van der Waals surface area contributed by atoms with Crippen LogP contribution < -0.4 is 14.4 Å². The number of ether oxygens (including phenoxy) is 1. The quantitative estimate of drug-likeness (QED) is 0.191. The maximum absolute atomic E-state index is 14.1. The molecular weight excluding hydrogens is 574 g/mol. The van der Waals surface area contributed by atoms with E-state index in [9.17, 15) is 18.0 Å². The number of anilines is 1. The van der Waals surface area contributed by atoms with Crippen LogP contribution in [0.2, 0.25) is 0 Å². The van der Waals surface area contributed by atoms with E-state index < -0.39 is 28.5 Å². The van der Waals surface area contributed by atoms with Gasteiger partial charge in [0.05, 0.1) is 10.6 Å². The van der Waals surface area contributed by atoms with Gasteiger partial charge in [0.25, 0.3) is 10.0 Å². The minimum Gasteiger partial charge on any atom is -0.457 e. The Balaban J connectivity index is 1.70. The zero-order valence-electron chi connectivity index (χ0n) is 25.5. The smallest absolute Gasteiger partial charge is 0.264 e. The second kappa shape index (κ2) is 14.7. The normalized spacial score (nSPS) is 12.5. The van der Waals surface area contributed by atoms with Crippen molar-refractivity contribution >= 4 is 27.5 Å². The van der Waals surface area contributed by atoms with Gasteiger partial charge in [-0.15, -0.1) is 0 Å². The van der Waals surface area contributed by atoms with Crippen LogP contribution in [0.5, 0.6) is 11.5 Å². The molecule has 8 nitrogen and oxygen atoms in total. The summed E-state index contributed by atoms with van der Waals surface area (Å²) in [4.78, 5) is 28.9. The minimum absolute atomic E-state index is 0.0467. The second-order valence-corrected chi connectivity index (χ2v) is 12.5. The third-order valence-corrected chi connectivity index (χ3v) is 9.27. The van der Waals surface area contributed by atoms with E-state index in [1.807, 2.05) is 75.4 Å². The molecule has 0 saturated heterocycles. The summed E-state index contributed by atoms with van der Waals surface area (Å²) in [7, 11) is -4.16. The van der Waals surface area contributed by atoms with Gasteiger partial charge in [-0.2, -0.15) is 0 Å². The zero-order chi connectivity index (χ0) is 31.7. The molecule has 0 heterocycles. The molecule has 0 aliphatic carbocycles. The first-order chi connectivity index (χ1) is 21.1. The number of hydrogen-bond acceptors (Lipinski definition) is 5. The Hall–Kier alpha value is -4.63. The Morgan fingerprint density at radius 3 is 1.98 bits per heavy atom. The van der Waals surface area contributed by atoms with E-state index >= 15 is 0 Å². The van der Waals surface area contributed by atoms with Crippen molar-refractivity contribution in [2.45, 2.75) is 57.6 Å². The van der Waals surface area contributed by atoms with Gasteiger partial charge < -0.3 is 15.0 Å². The monoisotopic (exact) mass is 613 g/mol. The fourth-order valence-electron chi connectivity index (χ4n) is 4.57. The van der Waals surface area contributed by atoms with Crippen molar-refractivity contribution in [1.82, 2.24) is 10.2 Å². The molecule has 2 amide bonds. The highest BCUT2D eigenvalue weighted by Gasteiger charge is 2.33. The first-order valence-corrected chi connectivity index (χ1v) is 16.1. The highest BCUT2D eigenvalue weighted by Crippen LogP contribution is 2.28. The number of carbonyl (C=O) groups is 2. The summed E-state index contributed by atoms with van der Waals surface area (Å²) in [6.45, 7) is 7.10. The molecule has 0 spiro atoms. The standard InChI is InChI=1S/C35H39N3O5S/c1-5-27(3)36-35(40)28(4)37(24-29-15-13-12-14-26(29)2)34(39)25-38(44(41,42)33-18-10-7-11-19-33)30-20-22-32(23-21-30)43-31-16-8-6-9-17-31/h6-23,27-28H,5,24-25H2,1-4H3,(H,36,40)/t27-,28-/m0/s1. The van der Waals surface area contributed by atoms with Crippen molar-refractivity contribution < 1.29 is 22.7 Å². The number of sulfonamides is 1. The molecule has 44 heavy (non-hydrogen) atoms. The predicted octanol–water partition coefficient (Wildman–Crippen LogP) is 6.31. The molecule has 230 valence electrons. The van der Waals surface area contributed by atoms with Crippen molar-refractivity contribution in [1.29, 1.82) is 0 Å². The van der Waals surface area contributed by atoms with Gasteiger partial charge in [0.2, 0.25) is 11.8 Å². The molecule has 4 aromatic carbocycles. The molecule has 4 aromatic rings. The van der Waals surface area contributed by atoms with Gasteiger partial charge in [0.1, 0.15) is 24.1 Å². The van der Waals surface area contributed by atoms with E-state index in [0.717, 1.165) is 21.9 Å². The first kappa shape index (κ1) is 32.3. The van der Waals surface area contributed by atoms with Gasteiger partial charge in [-0.1, -0.05) is 67.6 Å². The topological polar surface area (TPSA) is 96.0 Å². The number of carbonyl (C=O) groups excluding carboxylic acids is 2. The Morgan fingerprint density at radius 1 is 0.795 bits per heavy atom. The summed E-state index contributed by atoms with van der Waals surface area (Å²) in [5.41, 5.74) is 2.11. The van der Waals surface area contributed by atoms with E-state index in [1.165, 1.54) is 17.0 Å². The van der Waals surface area contributed by atoms with E-state index in [1.54, 1.807) is 49.4 Å². The Kier molecular flexibility index (Phi) is 10.8. The first-order valence-electron chi connectivity index (χ1n) is 14.6. The number of nitrogens with one attached hydrogen (secondary N) is 1. The number of rotatable bonds is 13. The van der Waals surface area contributed by atoms with Crippen LogP contribution in [0.15, 0.2) is 114 Å². The van der Waals surface area contributed by atoms with E-state index in [0.29, 0.717) is 11.5 Å². The third-order valence-electron chi connectivity index (χ3n) is 7.48. The van der Waals surface area contributed by atoms with Gasteiger partial charge in [-0.3, -0.25) is 13.9 Å². The number of aryl methyl sites for hydroxylation is 1. The lowest BCUT2D eigenvalue weighted by atomic mass is 10.1. The molecule has 0 aliphatic heterocycles. The average molecular weight is 614 g/mol. The van der Waals surface area contributed by atoms with E-state index in [-0.39, 0.29) is 29.1 Å². The van der Waals surface area contributed by atoms with Crippen molar-refractivity contribution in [2.75, 3.05) is 10.8 Å². The van der Waals surface area contributed by atoms with Crippen molar-refractivity contribution in [2.24, 2.45) is 0 Å². The summed E-state index contributed by atoms with van der Waals surface area (Å²) in [5.74, 6) is 0.339. The number of nitrogens with zero attached hydrogens (tertiary/aromatic N) is 2. The molecule has 0 unspecified atom stereocenters. The van der Waals surface area contributed by atoms with Gasteiger partial charge in [-0.25, -0.2) is 8.42 Å². The molecule has 2 atom stereocenters. The lowest BCUT2D eigenvalue weighted by molar-refractivity contribution is -0.139. The Bertz CT molecular complexity index is 1650. The summed E-state index contributed by atoms with van der Waals surface area (Å²) < 4.78 is 35.0. The molecular formula is C35H39N3O5S. The summed E-state index contributed by atoms with van der Waals surface area (Å²) in [6.07, 6.45) is 0.733. The van der Waals surface area contributed by atoms with Crippen LogP contribution >= 0.6 is 0 Å². The molecule has 0 saturated carbocycles. The number of benzene rings is 4. The van der Waals surface area contributed by atoms with Crippen LogP contribution in [0.4, 0.5) is 5.69 Å². The minimum atomic E-state index is -4.16. The number of hydrogen-bond donors (Lipinski definition) is 1. The molecule has 0 fully saturated rings. The zero-order valence-corrected chi connectivity index (χ0v) is 26.3. The van der Waals surface area contributed by atoms with Crippen LogP contribution in [0.1, 0.15) is 38.3 Å². The largest absolute Gasteiger partial charge is 0.457 e. The summed E-state index contributed by atoms with van der Waals surface area (Å²) in [5, 5.41) is 2.95. The lowest BCUT2D eigenvalue weighted by Gasteiger charge is -2.32. The second-order valence-electron chi connectivity index (χ2n) is 10.7. The summed E-state index contributed by atoms with van der Waals surface area (Å²) in [6, 6.07) is 30.5. The van der Waals surface area contributed by atoms with Gasteiger partial charge in [-0.05, 0) is 86.8 Å². The lowest BCUT2D eigenvalue weighted by Crippen LogP contribution is -2.52. The van der Waals surface area contributed by atoms with Gasteiger partial charge >= 0.3 is 0 Å². The number of para-hydroxylation sites is 1. The van der Waals surface area contributed by atoms with E-state index in [4.69, 9.17) is 4.74 Å². The average Bonchev–Trinajstić information content (AvgIpc) is 3.04. The Morgan fingerprint density at radius 2 is 1.36 bits per heavy atom. The van der Waals surface area contributed by atoms with E-state index in [2.05, 4.69) is 5.32 Å².